The second kappa shape index (κ2) is 10.3. The van der Waals surface area contributed by atoms with Crippen molar-refractivity contribution >= 4 is 17.4 Å². The fraction of sp³-hybridized carbons (Fsp3) is 0.192. The van der Waals surface area contributed by atoms with E-state index in [0.717, 1.165) is 12.2 Å². The van der Waals surface area contributed by atoms with Crippen LogP contribution < -0.4 is 4.74 Å². The molecule has 0 saturated carbocycles. The van der Waals surface area contributed by atoms with E-state index < -0.39 is 0 Å². The van der Waals surface area contributed by atoms with Gasteiger partial charge in [0.2, 0.25) is 0 Å². The predicted octanol–water partition coefficient (Wildman–Crippen LogP) is 6.53. The lowest BCUT2D eigenvalue weighted by atomic mass is 9.88. The number of ether oxygens (including phenoxy) is 1. The van der Waals surface area contributed by atoms with Gasteiger partial charge in [0, 0.05) is 0 Å². The molecule has 3 rings (SSSR count). The number of rotatable bonds is 8. The summed E-state index contributed by atoms with van der Waals surface area (Å²) in [5.74, 6) is 0.875. The van der Waals surface area contributed by atoms with Crippen LogP contribution in [0.1, 0.15) is 37.0 Å². The van der Waals surface area contributed by atoms with Crippen molar-refractivity contribution in [3.05, 3.63) is 102 Å². The molecular weight excluding hydrogens is 342 g/mol. The third-order valence-electron chi connectivity index (χ3n) is 4.65. The first-order valence-corrected chi connectivity index (χ1v) is 9.85. The first-order chi connectivity index (χ1) is 13.8. The summed E-state index contributed by atoms with van der Waals surface area (Å²) in [6, 6.07) is 29.7. The van der Waals surface area contributed by atoms with Gasteiger partial charge in [-0.1, -0.05) is 79.7 Å². The largest absolute Gasteiger partial charge is 0.492 e. The Hall–Kier alpha value is -3.13. The first kappa shape index (κ1) is 19.6. The Morgan fingerprint density at radius 2 is 1.36 bits per heavy atom. The molecule has 0 unspecified atom stereocenters. The Balaban J connectivity index is 2.00. The van der Waals surface area contributed by atoms with Crippen molar-refractivity contribution in [2.75, 3.05) is 13.2 Å². The molecule has 0 N–H and O–H groups in total. The van der Waals surface area contributed by atoms with Gasteiger partial charge in [0.05, 0.1) is 6.54 Å². The van der Waals surface area contributed by atoms with Crippen molar-refractivity contribution in [2.24, 2.45) is 4.99 Å². The third-order valence-corrected chi connectivity index (χ3v) is 4.65. The lowest BCUT2D eigenvalue weighted by Gasteiger charge is -2.16. The van der Waals surface area contributed by atoms with Gasteiger partial charge in [-0.15, -0.1) is 0 Å². The molecule has 0 saturated heterocycles. The van der Waals surface area contributed by atoms with Crippen LogP contribution in [0.25, 0.3) is 11.1 Å². The van der Waals surface area contributed by atoms with Crippen molar-refractivity contribution in [3.63, 3.8) is 0 Å². The second-order valence-corrected chi connectivity index (χ2v) is 6.48. The van der Waals surface area contributed by atoms with E-state index in [1.165, 1.54) is 27.8 Å². The molecule has 3 aromatic rings. The van der Waals surface area contributed by atoms with Crippen LogP contribution in [-0.2, 0) is 0 Å². The molecule has 3 aromatic carbocycles. The maximum Gasteiger partial charge on any atom is 0.119 e. The van der Waals surface area contributed by atoms with E-state index in [-0.39, 0.29) is 0 Å². The van der Waals surface area contributed by atoms with Crippen molar-refractivity contribution in [3.8, 4) is 5.75 Å². The molecule has 0 radical (unpaired) electrons. The first-order valence-electron chi connectivity index (χ1n) is 9.85. The molecule has 0 fully saturated rings. The minimum Gasteiger partial charge on any atom is -0.492 e. The van der Waals surface area contributed by atoms with Crippen LogP contribution in [0.3, 0.4) is 0 Å². The van der Waals surface area contributed by atoms with Crippen LogP contribution in [0.4, 0.5) is 0 Å². The van der Waals surface area contributed by atoms with Gasteiger partial charge in [-0.05, 0) is 59.5 Å². The number of allylic oxidation sites excluding steroid dienone is 1. The molecule has 0 atom stereocenters. The topological polar surface area (TPSA) is 21.6 Å². The van der Waals surface area contributed by atoms with E-state index in [9.17, 15) is 0 Å². The Labute approximate surface area is 168 Å². The zero-order chi connectivity index (χ0) is 19.6. The molecular formula is C26H27NO. The minimum absolute atomic E-state index is 0.593. The Bertz CT molecular complexity index is 910. The maximum atomic E-state index is 5.79. The van der Waals surface area contributed by atoms with Crippen LogP contribution >= 0.6 is 0 Å². The number of hydrogen-bond donors (Lipinski definition) is 0. The standard InChI is InChI=1S/C26H27NO/c1-3-25(21-11-7-5-8-12-21)26(22-13-9-6-10-14-22)23-15-17-24(18-16-23)28-20-19-27-4-2/h4-18H,3,19-20H2,1-2H3/b26-25-,27-4?. The SMILES string of the molecule is CC=NCCOc1ccc(/C(=C(/CC)c2ccccc2)c2ccccc2)cc1. The summed E-state index contributed by atoms with van der Waals surface area (Å²) >= 11 is 0. The number of hydrogen-bond acceptors (Lipinski definition) is 2. The zero-order valence-electron chi connectivity index (χ0n) is 16.6. The molecule has 28 heavy (non-hydrogen) atoms. The van der Waals surface area contributed by atoms with Gasteiger partial charge in [0.15, 0.2) is 0 Å². The minimum atomic E-state index is 0.593. The summed E-state index contributed by atoms with van der Waals surface area (Å²) in [7, 11) is 0. The smallest absolute Gasteiger partial charge is 0.119 e. The Morgan fingerprint density at radius 1 is 0.786 bits per heavy atom. The van der Waals surface area contributed by atoms with E-state index in [2.05, 4.69) is 84.7 Å². The summed E-state index contributed by atoms with van der Waals surface area (Å²) in [4.78, 5) is 4.18. The van der Waals surface area contributed by atoms with Crippen LogP contribution in [0.15, 0.2) is 89.9 Å². The Morgan fingerprint density at radius 3 is 1.93 bits per heavy atom. The highest BCUT2D eigenvalue weighted by molar-refractivity contribution is 5.98. The van der Waals surface area contributed by atoms with E-state index in [1.807, 2.05) is 19.1 Å². The van der Waals surface area contributed by atoms with Crippen LogP contribution in [0, 0.1) is 0 Å². The van der Waals surface area contributed by atoms with Crippen molar-refractivity contribution in [2.45, 2.75) is 20.3 Å². The van der Waals surface area contributed by atoms with Gasteiger partial charge < -0.3 is 4.74 Å². The highest BCUT2D eigenvalue weighted by Gasteiger charge is 2.12. The van der Waals surface area contributed by atoms with Gasteiger partial charge in [-0.3, -0.25) is 4.99 Å². The summed E-state index contributed by atoms with van der Waals surface area (Å²) in [5.41, 5.74) is 6.32. The molecule has 0 aliphatic carbocycles. The average Bonchev–Trinajstić information content (AvgIpc) is 2.77. The summed E-state index contributed by atoms with van der Waals surface area (Å²) < 4.78 is 5.79. The normalized spacial score (nSPS) is 12.1. The van der Waals surface area contributed by atoms with E-state index in [4.69, 9.17) is 4.74 Å². The van der Waals surface area contributed by atoms with Crippen LogP contribution in [-0.4, -0.2) is 19.4 Å². The monoisotopic (exact) mass is 369 g/mol. The fourth-order valence-electron chi connectivity index (χ4n) is 3.35. The fourth-order valence-corrected chi connectivity index (χ4v) is 3.35. The van der Waals surface area contributed by atoms with E-state index >= 15 is 0 Å². The van der Waals surface area contributed by atoms with Gasteiger partial charge in [0.1, 0.15) is 12.4 Å². The van der Waals surface area contributed by atoms with Crippen molar-refractivity contribution in [1.29, 1.82) is 0 Å². The van der Waals surface area contributed by atoms with Crippen LogP contribution in [0.2, 0.25) is 0 Å². The zero-order valence-corrected chi connectivity index (χ0v) is 16.6. The van der Waals surface area contributed by atoms with Gasteiger partial charge in [-0.2, -0.15) is 0 Å². The molecule has 2 nitrogen and oxygen atoms in total. The number of aliphatic imine (C=N–C) groups is 1. The summed E-state index contributed by atoms with van der Waals surface area (Å²) in [6.45, 7) is 5.41. The molecule has 2 heteroatoms. The molecule has 0 aromatic heterocycles. The quantitative estimate of drug-likeness (QED) is 0.251. The Kier molecular flexibility index (Phi) is 7.20. The lowest BCUT2D eigenvalue weighted by Crippen LogP contribution is -2.01. The third kappa shape index (κ3) is 4.98. The van der Waals surface area contributed by atoms with Gasteiger partial charge in [-0.25, -0.2) is 0 Å². The highest BCUT2D eigenvalue weighted by atomic mass is 16.5. The number of benzene rings is 3. The summed E-state index contributed by atoms with van der Waals surface area (Å²) in [5, 5.41) is 0. The second-order valence-electron chi connectivity index (χ2n) is 6.48. The van der Waals surface area contributed by atoms with Crippen LogP contribution in [0.5, 0.6) is 5.75 Å². The molecule has 0 aliphatic heterocycles. The van der Waals surface area contributed by atoms with Crippen molar-refractivity contribution in [1.82, 2.24) is 0 Å². The summed E-state index contributed by atoms with van der Waals surface area (Å²) in [6.07, 6.45) is 2.76. The highest BCUT2D eigenvalue weighted by Crippen LogP contribution is 2.34. The van der Waals surface area contributed by atoms with E-state index in [1.54, 1.807) is 6.21 Å². The lowest BCUT2D eigenvalue weighted by molar-refractivity contribution is 0.329. The predicted molar refractivity (Wildman–Crippen MR) is 120 cm³/mol. The van der Waals surface area contributed by atoms with E-state index in [0.29, 0.717) is 13.2 Å². The maximum absolute atomic E-state index is 5.79. The molecule has 142 valence electrons. The molecule has 0 bridgehead atoms. The van der Waals surface area contributed by atoms with Gasteiger partial charge in [0.25, 0.3) is 0 Å². The molecule has 0 amide bonds. The molecule has 0 spiro atoms. The molecule has 0 aliphatic rings. The number of nitrogens with zero attached hydrogens (tertiary/aromatic N) is 1. The van der Waals surface area contributed by atoms with Gasteiger partial charge >= 0.3 is 0 Å². The average molecular weight is 370 g/mol. The van der Waals surface area contributed by atoms with Crippen molar-refractivity contribution < 1.29 is 4.74 Å². The molecule has 0 heterocycles.